The molecule has 1 aliphatic heterocycles. The summed E-state index contributed by atoms with van der Waals surface area (Å²) in [5.74, 6) is 0.204. The summed E-state index contributed by atoms with van der Waals surface area (Å²) in [5.41, 5.74) is 0.668. The SMILES string of the molecule is C.COC1=C(C)C(=O)C1(O)c1ccc(Cl)cc1.COC1=C(C)C(=O)OC1c1ccc(Cl)cc1. The topological polar surface area (TPSA) is 82.1 Å². The van der Waals surface area contributed by atoms with Crippen LogP contribution in [0.1, 0.15) is 38.5 Å². The molecule has 6 nitrogen and oxygen atoms in total. The first-order valence-corrected chi connectivity index (χ1v) is 10.4. The molecule has 0 radical (unpaired) electrons. The van der Waals surface area contributed by atoms with Crippen molar-refractivity contribution in [2.45, 2.75) is 33.0 Å². The molecular formula is C25H26Cl2O6. The van der Waals surface area contributed by atoms with Crippen molar-refractivity contribution in [3.63, 3.8) is 0 Å². The van der Waals surface area contributed by atoms with Gasteiger partial charge >= 0.3 is 5.97 Å². The van der Waals surface area contributed by atoms with Crippen LogP contribution < -0.4 is 0 Å². The van der Waals surface area contributed by atoms with E-state index in [1.54, 1.807) is 50.2 Å². The van der Waals surface area contributed by atoms with E-state index in [2.05, 4.69) is 0 Å². The lowest BCUT2D eigenvalue weighted by Crippen LogP contribution is -2.48. The van der Waals surface area contributed by atoms with Gasteiger partial charge in [0.2, 0.25) is 11.4 Å². The predicted octanol–water partition coefficient (Wildman–Crippen LogP) is 5.53. The van der Waals surface area contributed by atoms with Crippen molar-refractivity contribution in [3.8, 4) is 0 Å². The van der Waals surface area contributed by atoms with Crippen LogP contribution in [0.2, 0.25) is 10.0 Å². The van der Waals surface area contributed by atoms with Crippen molar-refractivity contribution in [1.29, 1.82) is 0 Å². The maximum absolute atomic E-state index is 11.7. The molecule has 2 atom stereocenters. The molecule has 0 saturated heterocycles. The second-order valence-electron chi connectivity index (χ2n) is 7.23. The lowest BCUT2D eigenvalue weighted by atomic mass is 9.74. The van der Waals surface area contributed by atoms with Gasteiger partial charge in [0.25, 0.3) is 0 Å². The van der Waals surface area contributed by atoms with Crippen LogP contribution in [-0.2, 0) is 29.4 Å². The Morgan fingerprint density at radius 1 is 0.879 bits per heavy atom. The number of methoxy groups -OCH3 is 2. The molecule has 0 amide bonds. The Bertz CT molecular complexity index is 1100. The summed E-state index contributed by atoms with van der Waals surface area (Å²) < 4.78 is 15.5. The predicted molar refractivity (Wildman–Crippen MR) is 127 cm³/mol. The van der Waals surface area contributed by atoms with Gasteiger partial charge in [0.1, 0.15) is 5.76 Å². The summed E-state index contributed by atoms with van der Waals surface area (Å²) >= 11 is 11.5. The number of halogens is 2. The molecule has 1 heterocycles. The number of Topliss-reactive ketones (excluding diaryl/α,β-unsaturated/α-hetero) is 1. The van der Waals surface area contributed by atoms with E-state index in [1.165, 1.54) is 14.2 Å². The minimum atomic E-state index is -1.64. The molecule has 0 aromatic heterocycles. The van der Waals surface area contributed by atoms with Gasteiger partial charge in [-0.25, -0.2) is 4.79 Å². The van der Waals surface area contributed by atoms with E-state index in [0.717, 1.165) is 5.56 Å². The summed E-state index contributed by atoms with van der Waals surface area (Å²) in [6.07, 6.45) is -0.449. The van der Waals surface area contributed by atoms with E-state index in [4.69, 9.17) is 37.4 Å². The van der Waals surface area contributed by atoms with Crippen molar-refractivity contribution in [1.82, 2.24) is 0 Å². The lowest BCUT2D eigenvalue weighted by Gasteiger charge is -2.37. The summed E-state index contributed by atoms with van der Waals surface area (Å²) in [7, 11) is 2.97. The van der Waals surface area contributed by atoms with Crippen LogP contribution in [0.25, 0.3) is 0 Å². The number of cyclic esters (lactones) is 1. The van der Waals surface area contributed by atoms with E-state index in [9.17, 15) is 14.7 Å². The molecule has 1 N–H and O–H groups in total. The van der Waals surface area contributed by atoms with E-state index in [0.29, 0.717) is 38.3 Å². The molecule has 0 saturated carbocycles. The van der Waals surface area contributed by atoms with Crippen LogP contribution in [-0.4, -0.2) is 31.1 Å². The Balaban J connectivity index is 0.000000227. The van der Waals surface area contributed by atoms with Crippen LogP contribution in [0, 0.1) is 0 Å². The highest BCUT2D eigenvalue weighted by molar-refractivity contribution is 6.30. The van der Waals surface area contributed by atoms with E-state index in [-0.39, 0.29) is 19.2 Å². The average molecular weight is 493 g/mol. The van der Waals surface area contributed by atoms with E-state index in [1.807, 2.05) is 12.1 Å². The Kier molecular flexibility index (Phi) is 8.36. The highest BCUT2D eigenvalue weighted by Crippen LogP contribution is 2.43. The van der Waals surface area contributed by atoms with Crippen molar-refractivity contribution < 1.29 is 28.9 Å². The average Bonchev–Trinajstić information content (AvgIpc) is 3.08. The first-order chi connectivity index (χ1) is 15.1. The highest BCUT2D eigenvalue weighted by Gasteiger charge is 2.53. The van der Waals surface area contributed by atoms with Crippen molar-refractivity contribution in [2.24, 2.45) is 0 Å². The second-order valence-corrected chi connectivity index (χ2v) is 8.11. The molecule has 4 rings (SSSR count). The molecule has 1 aliphatic carbocycles. The second kappa shape index (κ2) is 10.4. The van der Waals surface area contributed by atoms with Crippen LogP contribution in [0.5, 0.6) is 0 Å². The molecule has 0 bridgehead atoms. The fraction of sp³-hybridized carbons (Fsp3) is 0.280. The Morgan fingerprint density at radius 3 is 1.88 bits per heavy atom. The third-order valence-electron chi connectivity index (χ3n) is 5.34. The van der Waals surface area contributed by atoms with Gasteiger partial charge in [-0.2, -0.15) is 0 Å². The number of ether oxygens (including phenoxy) is 3. The normalized spacial score (nSPS) is 21.5. The molecule has 2 aliphatic rings. The van der Waals surface area contributed by atoms with Crippen LogP contribution in [0.4, 0.5) is 0 Å². The molecule has 0 spiro atoms. The molecule has 0 fully saturated rings. The lowest BCUT2D eigenvalue weighted by molar-refractivity contribution is -0.141. The molecule has 8 heteroatoms. The van der Waals surface area contributed by atoms with Gasteiger partial charge < -0.3 is 19.3 Å². The zero-order valence-corrected chi connectivity index (χ0v) is 19.5. The monoisotopic (exact) mass is 492 g/mol. The van der Waals surface area contributed by atoms with Gasteiger partial charge in [-0.1, -0.05) is 54.9 Å². The van der Waals surface area contributed by atoms with Crippen molar-refractivity contribution in [2.75, 3.05) is 14.2 Å². The van der Waals surface area contributed by atoms with Crippen LogP contribution in [0.3, 0.4) is 0 Å². The number of hydrogen-bond acceptors (Lipinski definition) is 6. The summed E-state index contributed by atoms with van der Waals surface area (Å²) in [5, 5.41) is 11.5. The minimum Gasteiger partial charge on any atom is -0.497 e. The molecule has 33 heavy (non-hydrogen) atoms. The highest BCUT2D eigenvalue weighted by atomic mass is 35.5. The van der Waals surface area contributed by atoms with Crippen molar-refractivity contribution in [3.05, 3.63) is 92.4 Å². The van der Waals surface area contributed by atoms with E-state index >= 15 is 0 Å². The first-order valence-electron chi connectivity index (χ1n) is 9.64. The Hall–Kier alpha value is -2.80. The maximum atomic E-state index is 11.7. The molecule has 2 aromatic carbocycles. The molecular weight excluding hydrogens is 467 g/mol. The zero-order chi connectivity index (χ0) is 23.6. The van der Waals surface area contributed by atoms with E-state index < -0.39 is 11.7 Å². The largest absolute Gasteiger partial charge is 0.497 e. The summed E-state index contributed by atoms with van der Waals surface area (Å²) in [6.45, 7) is 3.32. The number of carbonyl (C=O) groups excluding carboxylic acids is 2. The number of hydrogen-bond donors (Lipinski definition) is 1. The third-order valence-corrected chi connectivity index (χ3v) is 5.84. The third kappa shape index (κ3) is 4.78. The van der Waals surface area contributed by atoms with Gasteiger partial charge in [-0.15, -0.1) is 0 Å². The molecule has 176 valence electrons. The van der Waals surface area contributed by atoms with Crippen LogP contribution in [0.15, 0.2) is 71.2 Å². The zero-order valence-electron chi connectivity index (χ0n) is 17.9. The fourth-order valence-electron chi connectivity index (χ4n) is 3.60. The van der Waals surface area contributed by atoms with Gasteiger partial charge in [0.05, 0.1) is 19.8 Å². The number of rotatable bonds is 4. The van der Waals surface area contributed by atoms with Gasteiger partial charge in [-0.05, 0) is 43.7 Å². The number of benzene rings is 2. The minimum absolute atomic E-state index is 0. The number of ketones is 1. The Labute approximate surface area is 203 Å². The fourth-order valence-corrected chi connectivity index (χ4v) is 3.86. The summed E-state index contributed by atoms with van der Waals surface area (Å²) in [6, 6.07) is 13.6. The quantitative estimate of drug-likeness (QED) is 0.565. The van der Waals surface area contributed by atoms with Crippen LogP contribution >= 0.6 is 23.2 Å². The first kappa shape index (κ1) is 26.5. The summed E-state index contributed by atoms with van der Waals surface area (Å²) in [4.78, 5) is 23.1. The number of esters is 1. The van der Waals surface area contributed by atoms with Gasteiger partial charge in [0, 0.05) is 21.2 Å². The molecule has 2 aromatic rings. The smallest absolute Gasteiger partial charge is 0.338 e. The Morgan fingerprint density at radius 2 is 1.39 bits per heavy atom. The number of aliphatic hydroxyl groups is 1. The van der Waals surface area contributed by atoms with Gasteiger partial charge in [-0.3, -0.25) is 4.79 Å². The maximum Gasteiger partial charge on any atom is 0.338 e. The number of carbonyl (C=O) groups is 2. The standard InChI is InChI=1S/2C12H11ClO3.CH4/c1-7-10(15-2)11(16-12(7)14)8-3-5-9(13)6-4-8;1-7-10(14)12(15,11(7)16-2)8-3-5-9(13)6-4-8;/h3-6,11H,1-2H3;3-6,15H,1-2H3;1H4. The molecule has 2 unspecified atom stereocenters. The van der Waals surface area contributed by atoms with Crippen molar-refractivity contribution >= 4 is 35.0 Å². The van der Waals surface area contributed by atoms with Gasteiger partial charge in [0.15, 0.2) is 11.9 Å².